The van der Waals surface area contributed by atoms with Crippen molar-refractivity contribution in [3.05, 3.63) is 35.1 Å². The normalized spacial score (nSPS) is 12.2. The number of aryl methyl sites for hydroxylation is 1. The highest BCUT2D eigenvalue weighted by atomic mass is 32.2. The molecule has 3 nitrogen and oxygen atoms in total. The van der Waals surface area contributed by atoms with Crippen LogP contribution in [0.25, 0.3) is 0 Å². The lowest BCUT2D eigenvalue weighted by Gasteiger charge is -2.06. The molecule has 0 aromatic heterocycles. The van der Waals surface area contributed by atoms with Gasteiger partial charge in [-0.2, -0.15) is 0 Å². The molecule has 0 saturated heterocycles. The Morgan fingerprint density at radius 3 is 2.82 bits per heavy atom. The molecule has 0 spiro atoms. The van der Waals surface area contributed by atoms with Gasteiger partial charge in [0.1, 0.15) is 5.82 Å². The third-order valence-corrected chi connectivity index (χ3v) is 3.61. The summed E-state index contributed by atoms with van der Waals surface area (Å²) in [5, 5.41) is 2.56. The number of halogens is 1. The van der Waals surface area contributed by atoms with Crippen molar-refractivity contribution in [2.45, 2.75) is 13.8 Å². The molecule has 1 rings (SSSR count). The molecule has 0 bridgehead atoms. The van der Waals surface area contributed by atoms with E-state index in [1.54, 1.807) is 13.0 Å². The summed E-state index contributed by atoms with van der Waals surface area (Å²) < 4.78 is 24.5. The summed E-state index contributed by atoms with van der Waals surface area (Å²) in [6.45, 7) is 3.91. The third-order valence-electron chi connectivity index (χ3n) is 2.30. The van der Waals surface area contributed by atoms with Gasteiger partial charge >= 0.3 is 0 Å². The first-order chi connectivity index (χ1) is 8.04. The lowest BCUT2D eigenvalue weighted by Crippen LogP contribution is -2.28. The van der Waals surface area contributed by atoms with Crippen molar-refractivity contribution >= 4 is 16.7 Å². The Balaban J connectivity index is 2.58. The van der Waals surface area contributed by atoms with Crippen molar-refractivity contribution in [1.29, 1.82) is 0 Å². The maximum atomic E-state index is 13.4. The highest BCUT2D eigenvalue weighted by Crippen LogP contribution is 2.09. The first-order valence-corrected chi connectivity index (χ1v) is 6.92. The summed E-state index contributed by atoms with van der Waals surface area (Å²) in [7, 11) is -0.918. The summed E-state index contributed by atoms with van der Waals surface area (Å²) in [6.07, 6.45) is 0. The maximum absolute atomic E-state index is 13.4. The largest absolute Gasteiger partial charge is 0.351 e. The van der Waals surface area contributed by atoms with Crippen LogP contribution in [0.5, 0.6) is 0 Å². The van der Waals surface area contributed by atoms with Gasteiger partial charge in [0.25, 0.3) is 5.91 Å². The molecule has 1 aromatic rings. The van der Waals surface area contributed by atoms with Gasteiger partial charge in [0.2, 0.25) is 0 Å². The smallest absolute Gasteiger partial charge is 0.254 e. The zero-order valence-corrected chi connectivity index (χ0v) is 10.8. The first-order valence-electron chi connectivity index (χ1n) is 5.44. The zero-order chi connectivity index (χ0) is 12.8. The molecule has 0 aliphatic rings. The molecule has 0 saturated carbocycles. The number of amides is 1. The van der Waals surface area contributed by atoms with Crippen molar-refractivity contribution in [1.82, 2.24) is 5.32 Å². The summed E-state index contributed by atoms with van der Waals surface area (Å²) in [4.78, 5) is 11.6. The van der Waals surface area contributed by atoms with Crippen LogP contribution in [0, 0.1) is 12.7 Å². The molecule has 0 heterocycles. The van der Waals surface area contributed by atoms with Gasteiger partial charge in [0.15, 0.2) is 0 Å². The van der Waals surface area contributed by atoms with Crippen LogP contribution >= 0.6 is 0 Å². The molecule has 0 radical (unpaired) electrons. The molecule has 1 amide bonds. The highest BCUT2D eigenvalue weighted by molar-refractivity contribution is 7.84. The number of carbonyl (C=O) groups is 1. The second-order valence-electron chi connectivity index (χ2n) is 3.67. The molecule has 0 aliphatic carbocycles. The van der Waals surface area contributed by atoms with E-state index in [2.05, 4.69) is 5.32 Å². The van der Waals surface area contributed by atoms with Gasteiger partial charge in [-0.3, -0.25) is 9.00 Å². The van der Waals surface area contributed by atoms with E-state index in [0.29, 0.717) is 18.1 Å². The summed E-state index contributed by atoms with van der Waals surface area (Å²) in [6, 6.07) is 4.38. The minimum Gasteiger partial charge on any atom is -0.351 e. The van der Waals surface area contributed by atoms with Crippen molar-refractivity contribution in [2.75, 3.05) is 18.1 Å². The van der Waals surface area contributed by atoms with Crippen LogP contribution in [-0.2, 0) is 10.8 Å². The summed E-state index contributed by atoms with van der Waals surface area (Å²) in [5.74, 6) is -0.0336. The fraction of sp³-hybridized carbons (Fsp3) is 0.417. The van der Waals surface area contributed by atoms with E-state index in [9.17, 15) is 13.4 Å². The van der Waals surface area contributed by atoms with Gasteiger partial charge in [-0.15, -0.1) is 0 Å². The van der Waals surface area contributed by atoms with Gasteiger partial charge < -0.3 is 5.32 Å². The zero-order valence-electron chi connectivity index (χ0n) is 9.96. The maximum Gasteiger partial charge on any atom is 0.254 e. The van der Waals surface area contributed by atoms with Crippen LogP contribution in [-0.4, -0.2) is 28.2 Å². The van der Waals surface area contributed by atoms with E-state index in [1.807, 2.05) is 6.92 Å². The molecule has 94 valence electrons. The predicted octanol–water partition coefficient (Wildman–Crippen LogP) is 1.63. The van der Waals surface area contributed by atoms with Crippen LogP contribution in [0.15, 0.2) is 18.2 Å². The standard InChI is InChI=1S/C12H16FNO2S/c1-3-17(16)7-6-14-12(15)10-8-9(2)4-5-11(10)13/h4-5,8H,3,6-7H2,1-2H3,(H,14,15). The van der Waals surface area contributed by atoms with Crippen molar-refractivity contribution in [3.63, 3.8) is 0 Å². The van der Waals surface area contributed by atoms with Crippen LogP contribution in [0.1, 0.15) is 22.8 Å². The molecular formula is C12H16FNO2S. The van der Waals surface area contributed by atoms with Crippen molar-refractivity contribution in [3.8, 4) is 0 Å². The molecular weight excluding hydrogens is 241 g/mol. The molecule has 1 atom stereocenters. The van der Waals surface area contributed by atoms with E-state index in [-0.39, 0.29) is 5.56 Å². The topological polar surface area (TPSA) is 46.2 Å². The van der Waals surface area contributed by atoms with E-state index in [4.69, 9.17) is 0 Å². The molecule has 5 heteroatoms. The highest BCUT2D eigenvalue weighted by Gasteiger charge is 2.11. The quantitative estimate of drug-likeness (QED) is 0.871. The minimum atomic E-state index is -0.918. The number of carbonyl (C=O) groups excluding carboxylic acids is 1. The Kier molecular flexibility index (Phi) is 5.28. The summed E-state index contributed by atoms with van der Waals surface area (Å²) >= 11 is 0. The molecule has 1 N–H and O–H groups in total. The van der Waals surface area contributed by atoms with Gasteiger partial charge in [-0.05, 0) is 19.1 Å². The Morgan fingerprint density at radius 1 is 1.47 bits per heavy atom. The first kappa shape index (κ1) is 13.8. The average Bonchev–Trinajstić information content (AvgIpc) is 2.31. The lowest BCUT2D eigenvalue weighted by molar-refractivity contribution is 0.0952. The molecule has 0 fully saturated rings. The van der Waals surface area contributed by atoms with Gasteiger partial charge in [0.05, 0.1) is 5.56 Å². The Labute approximate surface area is 103 Å². The van der Waals surface area contributed by atoms with Gasteiger partial charge in [0, 0.05) is 28.9 Å². The fourth-order valence-electron chi connectivity index (χ4n) is 1.33. The van der Waals surface area contributed by atoms with E-state index < -0.39 is 22.5 Å². The number of hydrogen-bond acceptors (Lipinski definition) is 2. The SMILES string of the molecule is CCS(=O)CCNC(=O)c1cc(C)ccc1F. The molecule has 0 aliphatic heterocycles. The average molecular weight is 257 g/mol. The lowest BCUT2D eigenvalue weighted by atomic mass is 10.1. The van der Waals surface area contributed by atoms with Gasteiger partial charge in [-0.25, -0.2) is 4.39 Å². The third kappa shape index (κ3) is 4.26. The Bertz CT molecular complexity index is 435. The second-order valence-corrected chi connectivity index (χ2v) is 5.54. The minimum absolute atomic E-state index is 0.0345. The van der Waals surface area contributed by atoms with E-state index >= 15 is 0 Å². The predicted molar refractivity (Wildman–Crippen MR) is 67.0 cm³/mol. The van der Waals surface area contributed by atoms with E-state index in [1.165, 1.54) is 12.1 Å². The van der Waals surface area contributed by atoms with Crippen LogP contribution in [0.4, 0.5) is 4.39 Å². The van der Waals surface area contributed by atoms with Crippen molar-refractivity contribution in [2.24, 2.45) is 0 Å². The van der Waals surface area contributed by atoms with Crippen molar-refractivity contribution < 1.29 is 13.4 Å². The number of rotatable bonds is 5. The number of hydrogen-bond donors (Lipinski definition) is 1. The van der Waals surface area contributed by atoms with Crippen LogP contribution in [0.2, 0.25) is 0 Å². The Morgan fingerprint density at radius 2 is 2.18 bits per heavy atom. The summed E-state index contributed by atoms with van der Waals surface area (Å²) in [5.41, 5.74) is 0.862. The Hall–Kier alpha value is -1.23. The van der Waals surface area contributed by atoms with Gasteiger partial charge in [-0.1, -0.05) is 18.6 Å². The monoisotopic (exact) mass is 257 g/mol. The second kappa shape index (κ2) is 6.49. The number of nitrogens with one attached hydrogen (secondary N) is 1. The molecule has 1 aromatic carbocycles. The van der Waals surface area contributed by atoms with E-state index in [0.717, 1.165) is 5.56 Å². The molecule has 1 unspecified atom stereocenters. The fourth-order valence-corrected chi connectivity index (χ4v) is 1.95. The molecule has 17 heavy (non-hydrogen) atoms. The number of benzene rings is 1. The van der Waals surface area contributed by atoms with Crippen LogP contribution < -0.4 is 5.32 Å². The van der Waals surface area contributed by atoms with Crippen LogP contribution in [0.3, 0.4) is 0 Å².